The zero-order chi connectivity index (χ0) is 23.1. The monoisotopic (exact) mass is 457 g/mol. The number of urea groups is 1. The third-order valence-electron chi connectivity index (χ3n) is 4.25. The SMILES string of the molecule is N#CNC(=NCCCCCCS(=O)(=O)NC(=O)NCc1ccccc1)Nc1ccncc1. The maximum atomic E-state index is 12.0. The van der Waals surface area contributed by atoms with E-state index in [4.69, 9.17) is 5.26 Å². The lowest BCUT2D eigenvalue weighted by molar-refractivity contribution is 0.245. The number of hydrogen-bond donors (Lipinski definition) is 4. The number of nitrogens with zero attached hydrogens (tertiary/aromatic N) is 3. The first-order chi connectivity index (χ1) is 15.5. The van der Waals surface area contributed by atoms with Gasteiger partial charge in [0.1, 0.15) is 0 Å². The van der Waals surface area contributed by atoms with Gasteiger partial charge in [-0.3, -0.25) is 15.3 Å². The summed E-state index contributed by atoms with van der Waals surface area (Å²) in [5.41, 5.74) is 1.64. The molecule has 0 bridgehead atoms. The second kappa shape index (κ2) is 13.6. The molecule has 0 aliphatic carbocycles. The lowest BCUT2D eigenvalue weighted by Crippen LogP contribution is -2.40. The molecule has 4 N–H and O–H groups in total. The number of aromatic nitrogens is 1. The summed E-state index contributed by atoms with van der Waals surface area (Å²) in [6.45, 7) is 0.733. The Hall–Kier alpha value is -3.65. The zero-order valence-corrected chi connectivity index (χ0v) is 18.4. The van der Waals surface area contributed by atoms with Crippen LogP contribution in [0.3, 0.4) is 0 Å². The summed E-state index contributed by atoms with van der Waals surface area (Å²) in [5.74, 6) is 0.215. The zero-order valence-electron chi connectivity index (χ0n) is 17.6. The maximum Gasteiger partial charge on any atom is 0.328 e. The third-order valence-corrected chi connectivity index (χ3v) is 5.58. The van der Waals surface area contributed by atoms with E-state index < -0.39 is 16.1 Å². The van der Waals surface area contributed by atoms with Gasteiger partial charge in [-0.05, 0) is 30.5 Å². The van der Waals surface area contributed by atoms with E-state index in [-0.39, 0.29) is 12.3 Å². The van der Waals surface area contributed by atoms with E-state index in [0.29, 0.717) is 25.3 Å². The molecule has 0 atom stereocenters. The van der Waals surface area contributed by atoms with Crippen molar-refractivity contribution in [2.45, 2.75) is 32.2 Å². The number of hydrogen-bond acceptors (Lipinski definition) is 6. The highest BCUT2D eigenvalue weighted by atomic mass is 32.2. The quantitative estimate of drug-likeness (QED) is 0.133. The van der Waals surface area contributed by atoms with Crippen LogP contribution in [0.15, 0.2) is 59.9 Å². The number of benzene rings is 1. The van der Waals surface area contributed by atoms with E-state index in [1.807, 2.05) is 41.2 Å². The fourth-order valence-corrected chi connectivity index (χ4v) is 3.73. The van der Waals surface area contributed by atoms with Gasteiger partial charge in [-0.2, -0.15) is 5.26 Å². The number of unbranched alkanes of at least 4 members (excludes halogenated alkanes) is 3. The van der Waals surface area contributed by atoms with Crippen LogP contribution in [0.5, 0.6) is 0 Å². The summed E-state index contributed by atoms with van der Waals surface area (Å²) in [6, 6.07) is 12.0. The number of sulfonamides is 1. The van der Waals surface area contributed by atoms with Gasteiger partial charge in [0, 0.05) is 31.2 Å². The van der Waals surface area contributed by atoms with Gasteiger partial charge in [0.2, 0.25) is 16.0 Å². The first kappa shape index (κ1) is 24.6. The average Bonchev–Trinajstić information content (AvgIpc) is 2.78. The Morgan fingerprint density at radius 2 is 1.75 bits per heavy atom. The Bertz CT molecular complexity index is 1010. The molecule has 0 saturated carbocycles. The third kappa shape index (κ3) is 10.4. The molecule has 0 fully saturated rings. The van der Waals surface area contributed by atoms with Gasteiger partial charge < -0.3 is 10.6 Å². The number of rotatable bonds is 11. The smallest absolute Gasteiger partial charge is 0.328 e. The van der Waals surface area contributed by atoms with Crippen LogP contribution >= 0.6 is 0 Å². The van der Waals surface area contributed by atoms with Gasteiger partial charge in [0.25, 0.3) is 0 Å². The lowest BCUT2D eigenvalue weighted by Gasteiger charge is -2.09. The van der Waals surface area contributed by atoms with Crippen LogP contribution in [0.2, 0.25) is 0 Å². The highest BCUT2D eigenvalue weighted by Gasteiger charge is 2.13. The fourth-order valence-electron chi connectivity index (χ4n) is 2.69. The molecule has 2 amide bonds. The molecule has 170 valence electrons. The molecule has 0 spiro atoms. The van der Waals surface area contributed by atoms with E-state index in [9.17, 15) is 13.2 Å². The number of carbonyl (C=O) groups excluding carboxylic acids is 1. The Kier molecular flexibility index (Phi) is 10.5. The molecule has 0 unspecified atom stereocenters. The maximum absolute atomic E-state index is 12.0. The highest BCUT2D eigenvalue weighted by Crippen LogP contribution is 2.05. The second-order valence-corrected chi connectivity index (χ2v) is 8.67. The van der Waals surface area contributed by atoms with E-state index in [1.165, 1.54) is 0 Å². The number of nitrogens with one attached hydrogen (secondary N) is 4. The molecule has 1 heterocycles. The molecule has 10 nitrogen and oxygen atoms in total. The average molecular weight is 458 g/mol. The van der Waals surface area contributed by atoms with Gasteiger partial charge in [-0.1, -0.05) is 43.2 Å². The predicted octanol–water partition coefficient (Wildman–Crippen LogP) is 2.31. The number of aliphatic imine (C=N–C) groups is 1. The Labute approximate surface area is 188 Å². The summed E-state index contributed by atoms with van der Waals surface area (Å²) >= 11 is 0. The van der Waals surface area contributed by atoms with Crippen molar-refractivity contribution >= 4 is 27.7 Å². The number of amides is 2. The normalized spacial score (nSPS) is 11.3. The van der Waals surface area contributed by atoms with Crippen molar-refractivity contribution in [2.75, 3.05) is 17.6 Å². The molecule has 32 heavy (non-hydrogen) atoms. The standard InChI is InChI=1S/C21H27N7O3S/c22-17-26-20(27-19-10-13-23-14-11-19)24-12-6-1-2-7-15-32(30,31)28-21(29)25-16-18-8-4-3-5-9-18/h3-5,8-11,13-14H,1-2,6-7,12,15-16H2,(H2,25,28,29)(H2,23,24,26,27). The number of nitriles is 1. The van der Waals surface area contributed by atoms with Crippen molar-refractivity contribution in [3.63, 3.8) is 0 Å². The van der Waals surface area contributed by atoms with Crippen molar-refractivity contribution < 1.29 is 13.2 Å². The number of pyridine rings is 1. The van der Waals surface area contributed by atoms with Gasteiger partial charge in [0.05, 0.1) is 5.75 Å². The van der Waals surface area contributed by atoms with Gasteiger partial charge in [-0.15, -0.1) is 0 Å². The molecule has 0 aliphatic heterocycles. The minimum atomic E-state index is -3.68. The summed E-state index contributed by atoms with van der Waals surface area (Å²) in [6.07, 6.45) is 7.71. The first-order valence-corrected chi connectivity index (χ1v) is 11.8. The van der Waals surface area contributed by atoms with Crippen molar-refractivity contribution in [2.24, 2.45) is 4.99 Å². The molecule has 1 aromatic carbocycles. The number of anilines is 1. The van der Waals surface area contributed by atoms with Crippen LogP contribution in [0.1, 0.15) is 31.2 Å². The number of carbonyl (C=O) groups is 1. The Balaban J connectivity index is 1.61. The van der Waals surface area contributed by atoms with Crippen LogP contribution in [0, 0.1) is 11.5 Å². The van der Waals surface area contributed by atoms with Crippen molar-refractivity contribution in [3.05, 3.63) is 60.4 Å². The summed E-state index contributed by atoms with van der Waals surface area (Å²) in [5, 5.41) is 16.8. The molecule has 11 heteroatoms. The minimum absolute atomic E-state index is 0.125. The van der Waals surface area contributed by atoms with Gasteiger partial charge in [-0.25, -0.2) is 17.9 Å². The predicted molar refractivity (Wildman–Crippen MR) is 123 cm³/mol. The van der Waals surface area contributed by atoms with Gasteiger partial charge >= 0.3 is 6.03 Å². The molecule has 0 saturated heterocycles. The van der Waals surface area contributed by atoms with Crippen LogP contribution < -0.4 is 20.7 Å². The van der Waals surface area contributed by atoms with E-state index >= 15 is 0 Å². The Morgan fingerprint density at radius 3 is 2.47 bits per heavy atom. The molecule has 2 rings (SSSR count). The van der Waals surface area contributed by atoms with Crippen LogP contribution in [-0.2, 0) is 16.6 Å². The molecule has 1 aromatic heterocycles. The lowest BCUT2D eigenvalue weighted by atomic mass is 10.2. The highest BCUT2D eigenvalue weighted by molar-refractivity contribution is 7.90. The fraction of sp³-hybridized carbons (Fsp3) is 0.333. The van der Waals surface area contributed by atoms with E-state index in [2.05, 4.69) is 25.9 Å². The summed E-state index contributed by atoms with van der Waals surface area (Å²) in [4.78, 5) is 20.0. The molecular formula is C21H27N7O3S. The molecule has 0 aliphatic rings. The summed E-state index contributed by atoms with van der Waals surface area (Å²) < 4.78 is 26.1. The van der Waals surface area contributed by atoms with Crippen LogP contribution in [0.4, 0.5) is 10.5 Å². The van der Waals surface area contributed by atoms with E-state index in [0.717, 1.165) is 24.1 Å². The minimum Gasteiger partial charge on any atom is -0.333 e. The Morgan fingerprint density at radius 1 is 1.03 bits per heavy atom. The van der Waals surface area contributed by atoms with Crippen molar-refractivity contribution in [1.29, 1.82) is 5.26 Å². The van der Waals surface area contributed by atoms with Crippen LogP contribution in [0.25, 0.3) is 0 Å². The molecular weight excluding hydrogens is 430 g/mol. The second-order valence-electron chi connectivity index (χ2n) is 6.83. The van der Waals surface area contributed by atoms with E-state index in [1.54, 1.807) is 24.5 Å². The molecule has 2 aromatic rings. The topological polar surface area (TPSA) is 148 Å². The van der Waals surface area contributed by atoms with Gasteiger partial charge in [0.15, 0.2) is 6.19 Å². The number of guanidine groups is 1. The van der Waals surface area contributed by atoms with Crippen LogP contribution in [-0.4, -0.2) is 37.7 Å². The first-order valence-electron chi connectivity index (χ1n) is 10.2. The summed E-state index contributed by atoms with van der Waals surface area (Å²) in [7, 11) is -3.68. The molecule has 0 radical (unpaired) electrons. The van der Waals surface area contributed by atoms with Crippen molar-refractivity contribution in [1.82, 2.24) is 20.3 Å². The largest absolute Gasteiger partial charge is 0.333 e. The van der Waals surface area contributed by atoms with Crippen molar-refractivity contribution in [3.8, 4) is 6.19 Å².